The van der Waals surface area contributed by atoms with Crippen LogP contribution in [0.1, 0.15) is 26.2 Å². The zero-order chi connectivity index (χ0) is 9.90. The van der Waals surface area contributed by atoms with Crippen molar-refractivity contribution in [2.45, 2.75) is 32.2 Å². The van der Waals surface area contributed by atoms with Gasteiger partial charge in [-0.2, -0.15) is 0 Å². The van der Waals surface area contributed by atoms with Gasteiger partial charge in [-0.3, -0.25) is 4.79 Å². The van der Waals surface area contributed by atoms with Gasteiger partial charge in [0.2, 0.25) is 5.91 Å². The minimum absolute atomic E-state index is 0.0675. The van der Waals surface area contributed by atoms with Crippen LogP contribution in [0, 0.1) is 0 Å². The van der Waals surface area contributed by atoms with Gasteiger partial charge in [0.05, 0.1) is 11.5 Å². The molecule has 0 aromatic carbocycles. The Morgan fingerprint density at radius 3 is 2.77 bits per heavy atom. The van der Waals surface area contributed by atoms with Crippen LogP contribution in [0.4, 0.5) is 0 Å². The third-order valence-corrected chi connectivity index (χ3v) is 3.97. The minimum atomic E-state index is -2.90. The molecule has 1 fully saturated rings. The first-order valence-electron chi connectivity index (χ1n) is 4.53. The highest BCUT2D eigenvalue weighted by molar-refractivity contribution is 7.91. The third-order valence-electron chi connectivity index (χ3n) is 2.15. The summed E-state index contributed by atoms with van der Waals surface area (Å²) in [6.45, 7) is 1.76. The number of sulfone groups is 1. The Balaban J connectivity index is 2.48. The van der Waals surface area contributed by atoms with E-state index in [2.05, 4.69) is 5.32 Å². The van der Waals surface area contributed by atoms with Gasteiger partial charge in [-0.05, 0) is 12.8 Å². The lowest BCUT2D eigenvalue weighted by Gasteiger charge is -2.22. The number of amides is 1. The van der Waals surface area contributed by atoms with Crippen LogP contribution in [0.25, 0.3) is 0 Å². The van der Waals surface area contributed by atoms with E-state index in [4.69, 9.17) is 0 Å². The van der Waals surface area contributed by atoms with Gasteiger partial charge in [0.25, 0.3) is 0 Å². The second-order valence-corrected chi connectivity index (χ2v) is 5.60. The summed E-state index contributed by atoms with van der Waals surface area (Å²) in [4.78, 5) is 11.0. The van der Waals surface area contributed by atoms with Crippen molar-refractivity contribution in [2.24, 2.45) is 0 Å². The molecule has 1 N–H and O–H groups in total. The molecule has 0 aliphatic carbocycles. The van der Waals surface area contributed by atoms with E-state index in [0.29, 0.717) is 12.8 Å². The predicted molar refractivity (Wildman–Crippen MR) is 50.1 cm³/mol. The number of carbonyl (C=O) groups excluding carboxylic acids is 1. The van der Waals surface area contributed by atoms with Crippen LogP contribution < -0.4 is 5.32 Å². The lowest BCUT2D eigenvalue weighted by atomic mass is 10.2. The van der Waals surface area contributed by atoms with Crippen LogP contribution in [-0.4, -0.2) is 31.9 Å². The lowest BCUT2D eigenvalue weighted by molar-refractivity contribution is -0.121. The number of hydrogen-bond donors (Lipinski definition) is 1. The first kappa shape index (κ1) is 10.5. The molecule has 0 saturated carbocycles. The van der Waals surface area contributed by atoms with Crippen LogP contribution in [-0.2, 0) is 14.6 Å². The molecular weight excluding hydrogens is 190 g/mol. The number of rotatable bonds is 2. The zero-order valence-corrected chi connectivity index (χ0v) is 8.56. The van der Waals surface area contributed by atoms with Crippen molar-refractivity contribution >= 4 is 15.7 Å². The highest BCUT2D eigenvalue weighted by Crippen LogP contribution is 2.11. The Bertz CT molecular complexity index is 284. The Morgan fingerprint density at radius 1 is 1.54 bits per heavy atom. The number of hydrogen-bond acceptors (Lipinski definition) is 3. The molecule has 1 rings (SSSR count). The van der Waals surface area contributed by atoms with Gasteiger partial charge in [0.1, 0.15) is 0 Å². The third kappa shape index (κ3) is 3.34. The summed E-state index contributed by atoms with van der Waals surface area (Å²) in [6, 6.07) is -0.161. The second-order valence-electron chi connectivity index (χ2n) is 3.37. The quantitative estimate of drug-likeness (QED) is 0.695. The van der Waals surface area contributed by atoms with E-state index in [1.807, 2.05) is 0 Å². The summed E-state index contributed by atoms with van der Waals surface area (Å²) < 4.78 is 22.4. The van der Waals surface area contributed by atoms with E-state index in [9.17, 15) is 13.2 Å². The molecule has 13 heavy (non-hydrogen) atoms. The van der Waals surface area contributed by atoms with E-state index in [1.54, 1.807) is 6.92 Å². The van der Waals surface area contributed by atoms with Gasteiger partial charge in [-0.15, -0.1) is 0 Å². The fourth-order valence-corrected chi connectivity index (χ4v) is 3.10. The van der Waals surface area contributed by atoms with Gasteiger partial charge >= 0.3 is 0 Å². The Kier molecular flexibility index (Phi) is 3.30. The van der Waals surface area contributed by atoms with Gasteiger partial charge in [0.15, 0.2) is 9.84 Å². The van der Waals surface area contributed by atoms with Crippen LogP contribution in [0.5, 0.6) is 0 Å². The summed E-state index contributed by atoms with van der Waals surface area (Å²) >= 11 is 0. The van der Waals surface area contributed by atoms with E-state index in [1.165, 1.54) is 0 Å². The van der Waals surface area contributed by atoms with Gasteiger partial charge in [0, 0.05) is 12.5 Å². The molecule has 1 amide bonds. The molecule has 1 aliphatic rings. The van der Waals surface area contributed by atoms with Crippen molar-refractivity contribution in [1.29, 1.82) is 0 Å². The van der Waals surface area contributed by atoms with E-state index < -0.39 is 9.84 Å². The molecular formula is C8H15NO3S. The maximum atomic E-state index is 11.2. The van der Waals surface area contributed by atoms with Crippen LogP contribution in [0.3, 0.4) is 0 Å². The summed E-state index contributed by atoms with van der Waals surface area (Å²) in [6.07, 6.45) is 1.86. The highest BCUT2D eigenvalue weighted by Gasteiger charge is 2.25. The fraction of sp³-hybridized carbons (Fsp3) is 0.875. The van der Waals surface area contributed by atoms with E-state index in [-0.39, 0.29) is 23.5 Å². The standard InChI is InChI=1S/C8H15NO3S/c1-2-8(10)9-7-4-3-5-13(11,12)6-7/h7H,2-6H2,1H3,(H,9,10). The van der Waals surface area contributed by atoms with Crippen molar-refractivity contribution in [3.8, 4) is 0 Å². The molecule has 0 bridgehead atoms. The molecule has 76 valence electrons. The normalized spacial score (nSPS) is 26.7. The van der Waals surface area contributed by atoms with Gasteiger partial charge in [-0.1, -0.05) is 6.92 Å². The molecule has 0 radical (unpaired) electrons. The molecule has 1 atom stereocenters. The van der Waals surface area contributed by atoms with Crippen LogP contribution in [0.2, 0.25) is 0 Å². The monoisotopic (exact) mass is 205 g/mol. The van der Waals surface area contributed by atoms with Crippen molar-refractivity contribution in [3.05, 3.63) is 0 Å². The summed E-state index contributed by atoms with van der Waals surface area (Å²) in [7, 11) is -2.90. The first-order chi connectivity index (χ1) is 6.03. The smallest absolute Gasteiger partial charge is 0.219 e. The summed E-state index contributed by atoms with van der Waals surface area (Å²) in [5.74, 6) is 0.312. The average Bonchev–Trinajstić information content (AvgIpc) is 2.02. The maximum absolute atomic E-state index is 11.2. The Morgan fingerprint density at radius 2 is 2.23 bits per heavy atom. The van der Waals surface area contributed by atoms with Gasteiger partial charge in [-0.25, -0.2) is 8.42 Å². The fourth-order valence-electron chi connectivity index (χ4n) is 1.47. The zero-order valence-electron chi connectivity index (χ0n) is 7.75. The molecule has 4 nitrogen and oxygen atoms in total. The topological polar surface area (TPSA) is 63.2 Å². The molecule has 1 heterocycles. The number of carbonyl (C=O) groups is 1. The molecule has 0 spiro atoms. The van der Waals surface area contributed by atoms with E-state index in [0.717, 1.165) is 6.42 Å². The second kappa shape index (κ2) is 4.09. The van der Waals surface area contributed by atoms with Crippen molar-refractivity contribution in [1.82, 2.24) is 5.32 Å². The van der Waals surface area contributed by atoms with Crippen molar-refractivity contribution < 1.29 is 13.2 Å². The molecule has 1 aliphatic heterocycles. The molecule has 5 heteroatoms. The minimum Gasteiger partial charge on any atom is -0.352 e. The highest BCUT2D eigenvalue weighted by atomic mass is 32.2. The molecule has 1 saturated heterocycles. The maximum Gasteiger partial charge on any atom is 0.219 e. The van der Waals surface area contributed by atoms with E-state index >= 15 is 0 Å². The first-order valence-corrected chi connectivity index (χ1v) is 6.35. The predicted octanol–water partition coefficient (Wildman–Crippen LogP) is 0.0898. The van der Waals surface area contributed by atoms with Gasteiger partial charge < -0.3 is 5.32 Å². The lowest BCUT2D eigenvalue weighted by Crippen LogP contribution is -2.42. The van der Waals surface area contributed by atoms with Crippen molar-refractivity contribution in [2.75, 3.05) is 11.5 Å². The molecule has 1 unspecified atom stereocenters. The molecule has 0 aromatic rings. The summed E-state index contributed by atoms with van der Waals surface area (Å²) in [5, 5.41) is 2.71. The number of nitrogens with one attached hydrogen (secondary N) is 1. The largest absolute Gasteiger partial charge is 0.352 e. The Hall–Kier alpha value is -0.580. The summed E-state index contributed by atoms with van der Waals surface area (Å²) in [5.41, 5.74) is 0. The van der Waals surface area contributed by atoms with Crippen LogP contribution in [0.15, 0.2) is 0 Å². The SMILES string of the molecule is CCC(=O)NC1CCCS(=O)(=O)C1. The van der Waals surface area contributed by atoms with Crippen LogP contribution >= 0.6 is 0 Å². The van der Waals surface area contributed by atoms with Crippen molar-refractivity contribution in [3.63, 3.8) is 0 Å². The Labute approximate surface area is 78.6 Å². The average molecular weight is 205 g/mol. The molecule has 0 aromatic heterocycles.